The molecule has 0 saturated carbocycles. The Morgan fingerprint density at radius 1 is 1.25 bits per heavy atom. The Bertz CT molecular complexity index is 799. The quantitative estimate of drug-likeness (QED) is 0.710. The van der Waals surface area contributed by atoms with E-state index in [9.17, 15) is 0 Å². The number of pyridine rings is 1. The largest absolute Gasteiger partial charge is 0.264 e. The smallest absolute Gasteiger partial charge is 0.124 e. The molecule has 0 aliphatic heterocycles. The van der Waals surface area contributed by atoms with E-state index in [2.05, 4.69) is 16.0 Å². The van der Waals surface area contributed by atoms with Gasteiger partial charge in [0.05, 0.1) is 17.3 Å². The predicted octanol–water partition coefficient (Wildman–Crippen LogP) is 4.05. The highest BCUT2D eigenvalue weighted by molar-refractivity contribution is 7.13. The van der Waals surface area contributed by atoms with Gasteiger partial charge in [-0.25, -0.2) is 4.98 Å². The lowest BCUT2D eigenvalue weighted by molar-refractivity contribution is 1.26. The van der Waals surface area contributed by atoms with Crippen LogP contribution in [0.4, 0.5) is 0 Å². The molecule has 0 amide bonds. The summed E-state index contributed by atoms with van der Waals surface area (Å²) in [4.78, 5) is 8.77. The Morgan fingerprint density at radius 3 is 2.95 bits per heavy atom. The molecular weight excluding hydrogens is 266 g/mol. The fraction of sp³-hybridized carbons (Fsp3) is 0.0625. The Balaban J connectivity index is 2.02. The second-order valence-corrected chi connectivity index (χ2v) is 5.28. The first-order valence-electron chi connectivity index (χ1n) is 6.15. The first-order chi connectivity index (χ1) is 9.78. The van der Waals surface area contributed by atoms with Crippen LogP contribution in [0.5, 0.6) is 0 Å². The highest BCUT2D eigenvalue weighted by Gasteiger charge is 2.09. The summed E-state index contributed by atoms with van der Waals surface area (Å²) in [6.45, 7) is 2.03. The van der Waals surface area contributed by atoms with Gasteiger partial charge >= 0.3 is 0 Å². The Hall–Kier alpha value is -2.51. The van der Waals surface area contributed by atoms with Gasteiger partial charge in [-0.1, -0.05) is 12.1 Å². The molecule has 0 saturated heterocycles. The maximum absolute atomic E-state index is 8.95. The second-order valence-electron chi connectivity index (χ2n) is 4.42. The molecule has 0 N–H and O–H groups in total. The van der Waals surface area contributed by atoms with E-state index < -0.39 is 0 Å². The monoisotopic (exact) mass is 277 g/mol. The van der Waals surface area contributed by atoms with Crippen LogP contribution >= 0.6 is 11.3 Å². The van der Waals surface area contributed by atoms with Crippen molar-refractivity contribution in [2.45, 2.75) is 6.92 Å². The van der Waals surface area contributed by atoms with Crippen molar-refractivity contribution in [3.63, 3.8) is 0 Å². The molecular formula is C16H11N3S. The summed E-state index contributed by atoms with van der Waals surface area (Å²) in [5, 5.41) is 11.9. The number of rotatable bonds is 2. The number of aromatic nitrogens is 2. The zero-order valence-electron chi connectivity index (χ0n) is 10.9. The number of thiazole rings is 1. The van der Waals surface area contributed by atoms with Gasteiger partial charge in [-0.15, -0.1) is 11.3 Å². The molecule has 0 bridgehead atoms. The first-order valence-corrected chi connectivity index (χ1v) is 7.03. The van der Waals surface area contributed by atoms with Crippen molar-refractivity contribution in [1.29, 1.82) is 5.26 Å². The van der Waals surface area contributed by atoms with Gasteiger partial charge in [0.15, 0.2) is 0 Å². The topological polar surface area (TPSA) is 49.6 Å². The average molecular weight is 277 g/mol. The molecule has 0 atom stereocenters. The van der Waals surface area contributed by atoms with E-state index >= 15 is 0 Å². The van der Waals surface area contributed by atoms with Crippen LogP contribution < -0.4 is 0 Å². The molecule has 3 aromatic rings. The summed E-state index contributed by atoms with van der Waals surface area (Å²) in [5.74, 6) is 0. The minimum absolute atomic E-state index is 0.650. The van der Waals surface area contributed by atoms with Crippen LogP contribution in [0, 0.1) is 18.3 Å². The summed E-state index contributed by atoms with van der Waals surface area (Å²) in [5.41, 5.74) is 4.74. The maximum Gasteiger partial charge on any atom is 0.124 e. The lowest BCUT2D eigenvalue weighted by atomic mass is 10.1. The van der Waals surface area contributed by atoms with Crippen molar-refractivity contribution in [1.82, 2.24) is 9.97 Å². The molecule has 0 fully saturated rings. The van der Waals surface area contributed by atoms with Crippen molar-refractivity contribution >= 4 is 11.3 Å². The van der Waals surface area contributed by atoms with Gasteiger partial charge in [-0.2, -0.15) is 5.26 Å². The van der Waals surface area contributed by atoms with Gasteiger partial charge < -0.3 is 0 Å². The van der Waals surface area contributed by atoms with Gasteiger partial charge in [0, 0.05) is 28.9 Å². The fourth-order valence-electron chi connectivity index (χ4n) is 1.99. The summed E-state index contributed by atoms with van der Waals surface area (Å²) in [7, 11) is 0. The van der Waals surface area contributed by atoms with Crippen LogP contribution in [0.3, 0.4) is 0 Å². The molecule has 2 aromatic heterocycles. The number of hydrogen-bond acceptors (Lipinski definition) is 4. The summed E-state index contributed by atoms with van der Waals surface area (Å²) in [6, 6.07) is 11.6. The van der Waals surface area contributed by atoms with Gasteiger partial charge in [0.25, 0.3) is 0 Å². The normalized spacial score (nSPS) is 10.2. The minimum Gasteiger partial charge on any atom is -0.264 e. The fourth-order valence-corrected chi connectivity index (χ4v) is 2.91. The zero-order valence-corrected chi connectivity index (χ0v) is 11.7. The van der Waals surface area contributed by atoms with Gasteiger partial charge in [-0.3, -0.25) is 4.98 Å². The minimum atomic E-state index is 0.650. The lowest BCUT2D eigenvalue weighted by Crippen LogP contribution is -1.84. The van der Waals surface area contributed by atoms with E-state index in [1.165, 1.54) is 0 Å². The molecule has 2 heterocycles. The van der Waals surface area contributed by atoms with Crippen molar-refractivity contribution in [2.24, 2.45) is 0 Å². The van der Waals surface area contributed by atoms with Crippen LogP contribution in [-0.2, 0) is 0 Å². The molecule has 0 aliphatic rings. The highest BCUT2D eigenvalue weighted by Crippen LogP contribution is 2.30. The average Bonchev–Trinajstić information content (AvgIpc) is 2.97. The van der Waals surface area contributed by atoms with Crippen molar-refractivity contribution < 1.29 is 0 Å². The molecule has 0 spiro atoms. The van der Waals surface area contributed by atoms with Gasteiger partial charge in [-0.05, 0) is 30.7 Å². The first kappa shape index (κ1) is 12.5. The van der Waals surface area contributed by atoms with Gasteiger partial charge in [0.2, 0.25) is 0 Å². The predicted molar refractivity (Wildman–Crippen MR) is 80.2 cm³/mol. The lowest BCUT2D eigenvalue weighted by Gasteiger charge is -2.00. The van der Waals surface area contributed by atoms with Crippen LogP contribution in [0.2, 0.25) is 0 Å². The Labute approximate surface area is 121 Å². The molecule has 96 valence electrons. The molecule has 3 nitrogen and oxygen atoms in total. The summed E-state index contributed by atoms with van der Waals surface area (Å²) < 4.78 is 0. The van der Waals surface area contributed by atoms with E-state index in [1.54, 1.807) is 23.6 Å². The molecule has 20 heavy (non-hydrogen) atoms. The van der Waals surface area contributed by atoms with E-state index in [1.807, 2.05) is 42.8 Å². The van der Waals surface area contributed by atoms with Crippen LogP contribution in [0.25, 0.3) is 21.8 Å². The van der Waals surface area contributed by atoms with Crippen LogP contribution in [0.1, 0.15) is 11.1 Å². The van der Waals surface area contributed by atoms with Crippen molar-refractivity contribution in [2.75, 3.05) is 0 Å². The highest BCUT2D eigenvalue weighted by atomic mass is 32.1. The van der Waals surface area contributed by atoms with E-state index in [-0.39, 0.29) is 0 Å². The zero-order chi connectivity index (χ0) is 13.9. The summed E-state index contributed by atoms with van der Waals surface area (Å²) >= 11 is 1.60. The number of hydrogen-bond donors (Lipinski definition) is 0. The SMILES string of the molecule is Cc1cnccc1-c1nc(-c2cccc(C#N)c2)cs1. The number of nitriles is 1. The van der Waals surface area contributed by atoms with E-state index in [4.69, 9.17) is 5.26 Å². The number of aryl methyl sites for hydroxylation is 1. The third kappa shape index (κ3) is 2.31. The molecule has 4 heteroatoms. The molecule has 1 aromatic carbocycles. The Morgan fingerprint density at radius 2 is 2.15 bits per heavy atom. The Kier molecular flexibility index (Phi) is 3.28. The third-order valence-electron chi connectivity index (χ3n) is 3.04. The third-order valence-corrected chi connectivity index (χ3v) is 3.92. The molecule has 0 unspecified atom stereocenters. The standard InChI is InChI=1S/C16H11N3S/c1-11-9-18-6-5-14(11)16-19-15(10-20-16)13-4-2-3-12(7-13)8-17/h2-7,9-10H,1H3. The molecule has 0 aliphatic carbocycles. The van der Waals surface area contributed by atoms with E-state index in [0.29, 0.717) is 5.56 Å². The number of benzene rings is 1. The summed E-state index contributed by atoms with van der Waals surface area (Å²) in [6.07, 6.45) is 3.62. The number of nitrogens with zero attached hydrogens (tertiary/aromatic N) is 3. The molecule has 3 rings (SSSR count). The second kappa shape index (κ2) is 5.24. The van der Waals surface area contributed by atoms with Crippen molar-refractivity contribution in [3.8, 4) is 27.9 Å². The van der Waals surface area contributed by atoms with Gasteiger partial charge in [0.1, 0.15) is 5.01 Å². The van der Waals surface area contributed by atoms with E-state index in [0.717, 1.165) is 27.4 Å². The van der Waals surface area contributed by atoms with Crippen LogP contribution in [0.15, 0.2) is 48.1 Å². The van der Waals surface area contributed by atoms with Crippen LogP contribution in [-0.4, -0.2) is 9.97 Å². The maximum atomic E-state index is 8.95. The van der Waals surface area contributed by atoms with Crippen molar-refractivity contribution in [3.05, 3.63) is 59.2 Å². The molecule has 0 radical (unpaired) electrons.